The van der Waals surface area contributed by atoms with Crippen LogP contribution in [0.4, 0.5) is 10.4 Å². The van der Waals surface area contributed by atoms with Gasteiger partial charge in [0.15, 0.2) is 18.2 Å². The number of aromatic nitrogens is 2. The highest BCUT2D eigenvalue weighted by atomic mass is 19.1. The summed E-state index contributed by atoms with van der Waals surface area (Å²) in [6, 6.07) is 6.70. The van der Waals surface area contributed by atoms with Crippen molar-refractivity contribution < 1.29 is 13.5 Å². The van der Waals surface area contributed by atoms with Gasteiger partial charge >= 0.3 is 6.01 Å². The van der Waals surface area contributed by atoms with Crippen LogP contribution in [0.1, 0.15) is 5.89 Å². The van der Waals surface area contributed by atoms with Crippen LogP contribution < -0.4 is 15.0 Å². The highest BCUT2D eigenvalue weighted by molar-refractivity contribution is 5.25. The van der Waals surface area contributed by atoms with E-state index in [9.17, 15) is 4.39 Å². The van der Waals surface area contributed by atoms with Gasteiger partial charge in [0.1, 0.15) is 0 Å². The second-order valence-corrected chi connectivity index (χ2v) is 4.43. The Kier molecular flexibility index (Phi) is 3.78. The molecule has 20 heavy (non-hydrogen) atoms. The van der Waals surface area contributed by atoms with Gasteiger partial charge in [-0.3, -0.25) is 0 Å². The van der Waals surface area contributed by atoms with Crippen molar-refractivity contribution in [1.29, 1.82) is 0 Å². The Morgan fingerprint density at radius 1 is 1.25 bits per heavy atom. The van der Waals surface area contributed by atoms with Crippen molar-refractivity contribution >= 4 is 6.01 Å². The summed E-state index contributed by atoms with van der Waals surface area (Å²) >= 11 is 0. The van der Waals surface area contributed by atoms with E-state index in [2.05, 4.69) is 15.5 Å². The molecule has 3 rings (SSSR count). The Labute approximate surface area is 115 Å². The minimum absolute atomic E-state index is 0.0556. The fourth-order valence-electron chi connectivity index (χ4n) is 1.99. The zero-order valence-corrected chi connectivity index (χ0v) is 10.9. The molecule has 1 aliphatic heterocycles. The summed E-state index contributed by atoms with van der Waals surface area (Å²) in [5, 5.41) is 11.1. The number of benzene rings is 1. The summed E-state index contributed by atoms with van der Waals surface area (Å²) < 4.78 is 24.2. The average molecular weight is 278 g/mol. The molecular formula is C13H15FN4O2. The van der Waals surface area contributed by atoms with Crippen LogP contribution in [0.15, 0.2) is 28.7 Å². The van der Waals surface area contributed by atoms with E-state index in [0.29, 0.717) is 11.9 Å². The third-order valence-corrected chi connectivity index (χ3v) is 3.03. The van der Waals surface area contributed by atoms with E-state index in [1.807, 2.05) is 4.90 Å². The lowest BCUT2D eigenvalue weighted by molar-refractivity contribution is 0.252. The molecule has 7 heteroatoms. The van der Waals surface area contributed by atoms with E-state index in [1.165, 1.54) is 6.07 Å². The quantitative estimate of drug-likeness (QED) is 0.906. The number of rotatable bonds is 4. The number of nitrogens with zero attached hydrogens (tertiary/aromatic N) is 3. The molecule has 106 valence electrons. The number of anilines is 1. The summed E-state index contributed by atoms with van der Waals surface area (Å²) in [5.74, 6) is 0.102. The van der Waals surface area contributed by atoms with Gasteiger partial charge < -0.3 is 19.4 Å². The zero-order valence-electron chi connectivity index (χ0n) is 10.9. The molecule has 0 spiro atoms. The topological polar surface area (TPSA) is 63.4 Å². The molecule has 1 aromatic heterocycles. The van der Waals surface area contributed by atoms with Crippen molar-refractivity contribution in [2.75, 3.05) is 31.1 Å². The third-order valence-electron chi connectivity index (χ3n) is 3.03. The second-order valence-electron chi connectivity index (χ2n) is 4.43. The lowest BCUT2D eigenvalue weighted by atomic mass is 10.3. The van der Waals surface area contributed by atoms with Gasteiger partial charge in [-0.05, 0) is 12.1 Å². The predicted molar refractivity (Wildman–Crippen MR) is 70.1 cm³/mol. The first kappa shape index (κ1) is 12.9. The van der Waals surface area contributed by atoms with Crippen molar-refractivity contribution in [3.63, 3.8) is 0 Å². The minimum atomic E-state index is -0.408. The molecule has 1 fully saturated rings. The third kappa shape index (κ3) is 2.88. The number of para-hydroxylation sites is 1. The maximum Gasteiger partial charge on any atom is 0.318 e. The van der Waals surface area contributed by atoms with E-state index < -0.39 is 5.82 Å². The number of hydrogen-bond donors (Lipinski definition) is 1. The van der Waals surface area contributed by atoms with E-state index in [0.717, 1.165) is 26.2 Å². The molecule has 1 aliphatic rings. The number of nitrogens with one attached hydrogen (secondary N) is 1. The van der Waals surface area contributed by atoms with Crippen molar-refractivity contribution in [3.05, 3.63) is 36.0 Å². The molecule has 1 N–H and O–H groups in total. The Morgan fingerprint density at radius 3 is 2.85 bits per heavy atom. The van der Waals surface area contributed by atoms with Crippen LogP contribution in [0.5, 0.6) is 5.75 Å². The normalized spacial score (nSPS) is 15.3. The Hall–Kier alpha value is -2.15. The molecule has 2 aromatic rings. The highest BCUT2D eigenvalue weighted by Crippen LogP contribution is 2.18. The van der Waals surface area contributed by atoms with E-state index in [1.54, 1.807) is 18.2 Å². The van der Waals surface area contributed by atoms with Crippen molar-refractivity contribution in [1.82, 2.24) is 15.5 Å². The Morgan fingerprint density at radius 2 is 2.05 bits per heavy atom. The SMILES string of the molecule is Fc1ccccc1OCc1nnc(N2CCNCC2)o1. The van der Waals surface area contributed by atoms with Crippen LogP contribution in [0.25, 0.3) is 0 Å². The number of ether oxygens (including phenoxy) is 1. The molecule has 0 bridgehead atoms. The summed E-state index contributed by atoms with van der Waals surface area (Å²) in [6.07, 6.45) is 0. The second kappa shape index (κ2) is 5.87. The van der Waals surface area contributed by atoms with Gasteiger partial charge in [0.25, 0.3) is 5.89 Å². The number of hydrogen-bond acceptors (Lipinski definition) is 6. The molecule has 1 saturated heterocycles. The molecule has 6 nitrogen and oxygen atoms in total. The monoisotopic (exact) mass is 278 g/mol. The van der Waals surface area contributed by atoms with Crippen LogP contribution in [0.2, 0.25) is 0 Å². The predicted octanol–water partition coefficient (Wildman–Crippen LogP) is 1.20. The van der Waals surface area contributed by atoms with Gasteiger partial charge in [0, 0.05) is 26.2 Å². The fourth-order valence-corrected chi connectivity index (χ4v) is 1.99. The zero-order chi connectivity index (χ0) is 13.8. The van der Waals surface area contributed by atoms with Crippen LogP contribution >= 0.6 is 0 Å². The molecule has 1 aromatic carbocycles. The van der Waals surface area contributed by atoms with Crippen LogP contribution in [-0.4, -0.2) is 36.4 Å². The summed E-state index contributed by atoms with van der Waals surface area (Å²) in [4.78, 5) is 2.01. The average Bonchev–Trinajstić information content (AvgIpc) is 2.96. The summed E-state index contributed by atoms with van der Waals surface area (Å²) in [7, 11) is 0. The highest BCUT2D eigenvalue weighted by Gasteiger charge is 2.17. The van der Waals surface area contributed by atoms with E-state index in [-0.39, 0.29) is 12.4 Å². The Bertz CT molecular complexity index is 569. The van der Waals surface area contributed by atoms with Gasteiger partial charge in [-0.15, -0.1) is 5.10 Å². The van der Waals surface area contributed by atoms with E-state index >= 15 is 0 Å². The molecule has 2 heterocycles. The first-order valence-corrected chi connectivity index (χ1v) is 6.48. The summed E-state index contributed by atoms with van der Waals surface area (Å²) in [5.41, 5.74) is 0. The summed E-state index contributed by atoms with van der Waals surface area (Å²) in [6.45, 7) is 3.50. The van der Waals surface area contributed by atoms with Crippen molar-refractivity contribution in [2.24, 2.45) is 0 Å². The molecule has 0 atom stereocenters. The standard InChI is InChI=1S/C13H15FN4O2/c14-10-3-1-2-4-11(10)19-9-12-16-17-13(20-12)18-7-5-15-6-8-18/h1-4,15H,5-9H2. The van der Waals surface area contributed by atoms with Crippen LogP contribution in [-0.2, 0) is 6.61 Å². The van der Waals surface area contributed by atoms with Gasteiger partial charge in [-0.2, -0.15) is 0 Å². The van der Waals surface area contributed by atoms with Crippen molar-refractivity contribution in [3.8, 4) is 5.75 Å². The smallest absolute Gasteiger partial charge is 0.318 e. The first-order chi connectivity index (χ1) is 9.83. The molecule has 0 aliphatic carbocycles. The maximum atomic E-state index is 13.4. The van der Waals surface area contributed by atoms with Gasteiger partial charge in [-0.1, -0.05) is 17.2 Å². The van der Waals surface area contributed by atoms with Gasteiger partial charge in [-0.25, -0.2) is 4.39 Å². The largest absolute Gasteiger partial charge is 0.481 e. The lowest BCUT2D eigenvalue weighted by Gasteiger charge is -2.24. The van der Waals surface area contributed by atoms with Crippen LogP contribution in [0, 0.1) is 5.82 Å². The molecule has 0 amide bonds. The maximum absolute atomic E-state index is 13.4. The van der Waals surface area contributed by atoms with E-state index in [4.69, 9.17) is 9.15 Å². The Balaban J connectivity index is 1.61. The van der Waals surface area contributed by atoms with Gasteiger partial charge in [0.2, 0.25) is 0 Å². The fraction of sp³-hybridized carbons (Fsp3) is 0.385. The van der Waals surface area contributed by atoms with Gasteiger partial charge in [0.05, 0.1) is 0 Å². The molecule has 0 unspecified atom stereocenters. The molecular weight excluding hydrogens is 263 g/mol. The molecule has 0 saturated carbocycles. The first-order valence-electron chi connectivity index (χ1n) is 6.48. The number of halogens is 1. The molecule has 0 radical (unpaired) electrons. The number of piperazine rings is 1. The minimum Gasteiger partial charge on any atom is -0.481 e. The lowest BCUT2D eigenvalue weighted by Crippen LogP contribution is -2.43. The van der Waals surface area contributed by atoms with Crippen LogP contribution in [0.3, 0.4) is 0 Å². The van der Waals surface area contributed by atoms with Crippen molar-refractivity contribution in [2.45, 2.75) is 6.61 Å².